The third kappa shape index (κ3) is 5.97. The van der Waals surface area contributed by atoms with E-state index in [2.05, 4.69) is 79.3 Å². The van der Waals surface area contributed by atoms with Gasteiger partial charge in [-0.1, -0.05) is 93.0 Å². The number of rotatable bonds is 6. The Kier molecular flexibility index (Phi) is 8.49. The van der Waals surface area contributed by atoms with Crippen LogP contribution < -0.4 is 10.4 Å². The van der Waals surface area contributed by atoms with Crippen molar-refractivity contribution in [3.63, 3.8) is 0 Å². The monoisotopic (exact) mass is 606 g/mol. The lowest BCUT2D eigenvalue weighted by molar-refractivity contribution is -0.0830. The predicted octanol–water partition coefficient (Wildman–Crippen LogP) is 5.64. The van der Waals surface area contributed by atoms with Gasteiger partial charge in [-0.3, -0.25) is 9.30 Å². The van der Waals surface area contributed by atoms with Crippen molar-refractivity contribution < 1.29 is 18.7 Å². The van der Waals surface area contributed by atoms with E-state index in [4.69, 9.17) is 25.5 Å². The van der Waals surface area contributed by atoms with Gasteiger partial charge < -0.3 is 13.9 Å². The highest BCUT2D eigenvalue weighted by Gasteiger charge is 2.51. The maximum Gasteiger partial charge on any atom is 0.410 e. The third-order valence-electron chi connectivity index (χ3n) is 7.56. The Hall–Kier alpha value is -3.24. The average molecular weight is 607 g/mol. The molecule has 1 fully saturated rings. The molecular formula is C32H39ClN4O4Si. The minimum atomic E-state index is -2.83. The lowest BCUT2D eigenvalue weighted by atomic mass is 10.1. The number of carbonyl (C=O) groups is 1. The van der Waals surface area contributed by atoms with Gasteiger partial charge in [0.15, 0.2) is 5.15 Å². The minimum absolute atomic E-state index is 0.202. The minimum Gasteiger partial charge on any atom is -0.444 e. The summed E-state index contributed by atoms with van der Waals surface area (Å²) in [7, 11) is -2.83. The number of benzene rings is 2. The summed E-state index contributed by atoms with van der Waals surface area (Å²) in [6, 6.07) is 20.6. The maximum absolute atomic E-state index is 13.7. The molecule has 0 N–H and O–H groups in total. The number of ether oxygens (including phenoxy) is 2. The van der Waals surface area contributed by atoms with Gasteiger partial charge in [-0.2, -0.15) is 0 Å². The molecule has 0 radical (unpaired) electrons. The van der Waals surface area contributed by atoms with Crippen LogP contribution >= 0.6 is 11.6 Å². The molecule has 3 heterocycles. The van der Waals surface area contributed by atoms with E-state index in [1.165, 1.54) is 10.4 Å². The molecule has 0 spiro atoms. The first-order valence-electron chi connectivity index (χ1n) is 14.2. The molecule has 222 valence electrons. The Morgan fingerprint density at radius 3 is 2.19 bits per heavy atom. The van der Waals surface area contributed by atoms with E-state index in [1.54, 1.807) is 23.5 Å². The molecule has 0 aliphatic carbocycles. The first-order valence-corrected chi connectivity index (χ1v) is 16.5. The van der Waals surface area contributed by atoms with Crippen molar-refractivity contribution in [1.82, 2.24) is 19.3 Å². The second-order valence-corrected chi connectivity index (χ2v) is 17.3. The molecular weight excluding hydrogens is 568 g/mol. The summed E-state index contributed by atoms with van der Waals surface area (Å²) in [5.41, 5.74) is 0.0201. The first-order chi connectivity index (χ1) is 19.9. The number of halogens is 1. The Labute approximate surface area is 253 Å². The summed E-state index contributed by atoms with van der Waals surface area (Å²) in [6.07, 6.45) is 4.19. The number of amides is 1. The zero-order chi connectivity index (χ0) is 30.1. The van der Waals surface area contributed by atoms with Gasteiger partial charge in [0, 0.05) is 12.4 Å². The number of morpholine rings is 1. The average Bonchev–Trinajstić information content (AvgIpc) is 3.38. The SMILES string of the molecule is CC(C)(C)OC(=O)N1C[C@H](c2ncc3c(Cl)nccn23)OC[C@H]1CO[Si](c1ccccc1)(c1ccccc1)C(C)(C)C. The van der Waals surface area contributed by atoms with E-state index in [0.29, 0.717) is 16.5 Å². The number of carbonyl (C=O) groups excluding carboxylic acids is 1. The summed E-state index contributed by atoms with van der Waals surface area (Å²) in [6.45, 7) is 13.1. The fourth-order valence-corrected chi connectivity index (χ4v) is 10.5. The second kappa shape index (κ2) is 11.8. The second-order valence-electron chi connectivity index (χ2n) is 12.7. The molecule has 8 nitrogen and oxygen atoms in total. The van der Waals surface area contributed by atoms with Gasteiger partial charge in [-0.15, -0.1) is 0 Å². The van der Waals surface area contributed by atoms with E-state index in [0.717, 1.165) is 0 Å². The molecule has 5 rings (SSSR count). The largest absolute Gasteiger partial charge is 0.444 e. The number of aromatic nitrogens is 3. The zero-order valence-corrected chi connectivity index (χ0v) is 26.8. The lowest BCUT2D eigenvalue weighted by Gasteiger charge is -2.45. The van der Waals surface area contributed by atoms with Gasteiger partial charge in [0.25, 0.3) is 8.32 Å². The van der Waals surface area contributed by atoms with Crippen LogP contribution in [0.15, 0.2) is 79.3 Å². The van der Waals surface area contributed by atoms with Crippen molar-refractivity contribution in [3.8, 4) is 0 Å². The Morgan fingerprint density at radius 2 is 1.62 bits per heavy atom. The summed E-state index contributed by atoms with van der Waals surface area (Å²) in [4.78, 5) is 24.1. The summed E-state index contributed by atoms with van der Waals surface area (Å²) >= 11 is 6.30. The van der Waals surface area contributed by atoms with Crippen molar-refractivity contribution >= 4 is 41.9 Å². The van der Waals surface area contributed by atoms with Crippen LogP contribution in [0.1, 0.15) is 53.5 Å². The molecule has 0 unspecified atom stereocenters. The molecule has 0 bridgehead atoms. The molecule has 2 atom stereocenters. The van der Waals surface area contributed by atoms with Crippen LogP contribution in [0.2, 0.25) is 10.2 Å². The molecule has 2 aromatic carbocycles. The lowest BCUT2D eigenvalue weighted by Crippen LogP contribution is -2.68. The predicted molar refractivity (Wildman–Crippen MR) is 167 cm³/mol. The van der Waals surface area contributed by atoms with Gasteiger partial charge in [-0.05, 0) is 36.2 Å². The summed E-state index contributed by atoms with van der Waals surface area (Å²) in [5.74, 6) is 0.647. The smallest absolute Gasteiger partial charge is 0.410 e. The van der Waals surface area contributed by atoms with Crippen molar-refractivity contribution in [2.45, 2.75) is 64.3 Å². The maximum atomic E-state index is 13.7. The molecule has 4 aromatic rings. The van der Waals surface area contributed by atoms with E-state index >= 15 is 0 Å². The van der Waals surface area contributed by atoms with Crippen molar-refractivity contribution in [1.29, 1.82) is 0 Å². The molecule has 10 heteroatoms. The number of imidazole rings is 1. The highest BCUT2D eigenvalue weighted by Crippen LogP contribution is 2.37. The first kappa shape index (κ1) is 30.2. The Bertz CT molecular complexity index is 1480. The van der Waals surface area contributed by atoms with E-state index in [1.807, 2.05) is 37.3 Å². The van der Waals surface area contributed by atoms with Crippen LogP contribution in [0.3, 0.4) is 0 Å². The van der Waals surface area contributed by atoms with Crippen LogP contribution in [0, 0.1) is 0 Å². The molecule has 0 saturated carbocycles. The molecule has 1 aliphatic heterocycles. The number of hydrogen-bond donors (Lipinski definition) is 0. The molecule has 42 heavy (non-hydrogen) atoms. The van der Waals surface area contributed by atoms with Gasteiger partial charge in [0.1, 0.15) is 23.0 Å². The van der Waals surface area contributed by atoms with Gasteiger partial charge in [0.2, 0.25) is 0 Å². The van der Waals surface area contributed by atoms with Gasteiger partial charge in [0.05, 0.1) is 32.0 Å². The van der Waals surface area contributed by atoms with Crippen LogP contribution in [-0.2, 0) is 13.9 Å². The van der Waals surface area contributed by atoms with E-state index < -0.39 is 26.1 Å². The number of hydrogen-bond acceptors (Lipinski definition) is 6. The fraction of sp³-hybridized carbons (Fsp3) is 0.406. The molecule has 1 amide bonds. The number of nitrogens with zero attached hydrogens (tertiary/aromatic N) is 4. The molecule has 1 saturated heterocycles. The van der Waals surface area contributed by atoms with Crippen LogP contribution in [-0.4, -0.2) is 65.1 Å². The third-order valence-corrected chi connectivity index (χ3v) is 12.9. The van der Waals surface area contributed by atoms with Crippen molar-refractivity contribution in [2.75, 3.05) is 19.8 Å². The normalized spacial score (nSPS) is 18.3. The van der Waals surface area contributed by atoms with Gasteiger partial charge in [-0.25, -0.2) is 14.8 Å². The highest BCUT2D eigenvalue weighted by molar-refractivity contribution is 6.99. The highest BCUT2D eigenvalue weighted by atomic mass is 35.5. The Morgan fingerprint density at radius 1 is 1.00 bits per heavy atom. The molecule has 2 aromatic heterocycles. The molecule has 1 aliphatic rings. The van der Waals surface area contributed by atoms with Crippen LogP contribution in [0.4, 0.5) is 4.79 Å². The quantitative estimate of drug-likeness (QED) is 0.265. The summed E-state index contributed by atoms with van der Waals surface area (Å²) < 4.78 is 21.3. The van der Waals surface area contributed by atoms with Crippen molar-refractivity contribution in [2.24, 2.45) is 0 Å². The van der Waals surface area contributed by atoms with Crippen LogP contribution in [0.5, 0.6) is 0 Å². The zero-order valence-electron chi connectivity index (χ0n) is 25.1. The van der Waals surface area contributed by atoms with E-state index in [9.17, 15) is 4.79 Å². The number of fused-ring (bicyclic) bond motifs is 1. The summed E-state index contributed by atoms with van der Waals surface area (Å²) in [5, 5.41) is 2.51. The standard InChI is InChI=1S/C32H39ClN4O4Si/c1-31(2,3)41-30(38)37-20-27(29-35-19-26-28(33)34-17-18-36(26)29)39-21-23(37)22-40-42(32(4,5)6,24-13-9-7-10-14-24)25-15-11-8-12-16-25/h7-19,23,27H,20-22H2,1-6H3/t23-,27+/m0/s1. The van der Waals surface area contributed by atoms with Gasteiger partial charge >= 0.3 is 6.09 Å². The topological polar surface area (TPSA) is 78.2 Å². The van der Waals surface area contributed by atoms with Crippen molar-refractivity contribution in [3.05, 3.63) is 90.2 Å². The van der Waals surface area contributed by atoms with Crippen LogP contribution in [0.25, 0.3) is 5.52 Å². The Balaban J connectivity index is 1.49. The fourth-order valence-electron chi connectivity index (χ4n) is 5.67. The van der Waals surface area contributed by atoms with E-state index in [-0.39, 0.29) is 30.8 Å².